The summed E-state index contributed by atoms with van der Waals surface area (Å²) in [6, 6.07) is 16.5. The minimum Gasteiger partial charge on any atom is -0.496 e. The van der Waals surface area contributed by atoms with Crippen molar-refractivity contribution in [1.29, 1.82) is 0 Å². The fraction of sp³-hybridized carbons (Fsp3) is 0.364. The summed E-state index contributed by atoms with van der Waals surface area (Å²) >= 11 is 0. The van der Waals surface area contributed by atoms with Crippen molar-refractivity contribution < 1.29 is 14.0 Å². The van der Waals surface area contributed by atoms with Crippen LogP contribution in [0.2, 0.25) is 0 Å². The Kier molecular flexibility index (Phi) is 5.58. The van der Waals surface area contributed by atoms with E-state index in [1.807, 2.05) is 43.3 Å². The van der Waals surface area contributed by atoms with Crippen LogP contribution in [0.4, 0.5) is 0 Å². The van der Waals surface area contributed by atoms with E-state index in [1.165, 1.54) is 5.56 Å². The molecule has 0 radical (unpaired) electrons. The van der Waals surface area contributed by atoms with Gasteiger partial charge in [0.15, 0.2) is 0 Å². The topological polar surface area (TPSA) is 60.6 Å². The van der Waals surface area contributed by atoms with Crippen LogP contribution in [0.5, 0.6) is 11.5 Å². The Morgan fingerprint density at radius 3 is 2.75 bits per heavy atom. The lowest BCUT2D eigenvalue weighted by Gasteiger charge is -2.23. The van der Waals surface area contributed by atoms with E-state index in [-0.39, 0.29) is 0 Å². The molecule has 1 aliphatic heterocycles. The highest BCUT2D eigenvalue weighted by Crippen LogP contribution is 2.34. The van der Waals surface area contributed by atoms with Gasteiger partial charge < -0.3 is 14.0 Å². The van der Waals surface area contributed by atoms with Gasteiger partial charge in [-0.25, -0.2) is 0 Å². The molecule has 1 aromatic heterocycles. The lowest BCUT2D eigenvalue weighted by molar-refractivity contribution is 0.212. The Morgan fingerprint density at radius 1 is 1.14 bits per heavy atom. The van der Waals surface area contributed by atoms with Crippen LogP contribution in [0.1, 0.15) is 37.3 Å². The maximum absolute atomic E-state index is 5.55. The normalized spacial score (nSPS) is 17.0. The molecule has 0 unspecified atom stereocenters. The molecule has 1 atom stereocenters. The summed E-state index contributed by atoms with van der Waals surface area (Å²) in [7, 11) is 1.64. The Balaban J connectivity index is 1.48. The summed E-state index contributed by atoms with van der Waals surface area (Å²) in [5.41, 5.74) is 2.13. The van der Waals surface area contributed by atoms with Crippen molar-refractivity contribution in [2.24, 2.45) is 0 Å². The number of rotatable bonds is 7. The molecular weight excluding hydrogens is 354 g/mol. The van der Waals surface area contributed by atoms with Gasteiger partial charge in [-0.2, -0.15) is 4.98 Å². The number of benzene rings is 2. The Hall–Kier alpha value is -2.86. The van der Waals surface area contributed by atoms with Crippen molar-refractivity contribution in [2.75, 3.05) is 20.3 Å². The quantitative estimate of drug-likeness (QED) is 0.603. The van der Waals surface area contributed by atoms with Crippen LogP contribution < -0.4 is 9.47 Å². The fourth-order valence-electron chi connectivity index (χ4n) is 3.78. The molecule has 2 heterocycles. The first-order valence-corrected chi connectivity index (χ1v) is 9.71. The van der Waals surface area contributed by atoms with E-state index in [1.54, 1.807) is 7.11 Å². The SMILES string of the molecule is CCOc1ccc([C@H]2CCCN2Cc2nc(-c3ccccc3OC)no2)cc1. The molecule has 6 nitrogen and oxygen atoms in total. The van der Waals surface area contributed by atoms with Crippen LogP contribution in [0.3, 0.4) is 0 Å². The third-order valence-corrected chi connectivity index (χ3v) is 5.09. The number of hydrogen-bond acceptors (Lipinski definition) is 6. The smallest absolute Gasteiger partial charge is 0.241 e. The number of para-hydroxylation sites is 1. The van der Waals surface area contributed by atoms with Crippen LogP contribution in [0.25, 0.3) is 11.4 Å². The standard InChI is InChI=1S/C22H25N3O3/c1-3-27-17-12-10-16(11-13-17)19-8-6-14-25(19)15-21-23-22(24-28-21)18-7-4-5-9-20(18)26-2/h4-5,7,9-13,19H,3,6,8,14-15H2,1-2H3/t19-/m1/s1. The average molecular weight is 379 g/mol. The molecule has 2 aromatic carbocycles. The number of methoxy groups -OCH3 is 1. The van der Waals surface area contributed by atoms with E-state index in [0.717, 1.165) is 36.4 Å². The van der Waals surface area contributed by atoms with E-state index >= 15 is 0 Å². The molecule has 0 spiro atoms. The van der Waals surface area contributed by atoms with Crippen molar-refractivity contribution in [3.05, 3.63) is 60.0 Å². The maximum atomic E-state index is 5.55. The maximum Gasteiger partial charge on any atom is 0.241 e. The summed E-state index contributed by atoms with van der Waals surface area (Å²) in [6.07, 6.45) is 2.28. The summed E-state index contributed by atoms with van der Waals surface area (Å²) in [5.74, 6) is 2.83. The van der Waals surface area contributed by atoms with Gasteiger partial charge in [0, 0.05) is 6.04 Å². The highest BCUT2D eigenvalue weighted by Gasteiger charge is 2.27. The zero-order chi connectivity index (χ0) is 19.3. The molecule has 0 amide bonds. The second kappa shape index (κ2) is 8.44. The van der Waals surface area contributed by atoms with Gasteiger partial charge in [0.25, 0.3) is 0 Å². The molecule has 0 N–H and O–H groups in total. The molecule has 0 saturated carbocycles. The first kappa shape index (κ1) is 18.5. The van der Waals surface area contributed by atoms with Crippen molar-refractivity contribution >= 4 is 0 Å². The highest BCUT2D eigenvalue weighted by molar-refractivity contribution is 5.63. The van der Waals surface area contributed by atoms with Gasteiger partial charge in [-0.05, 0) is 56.1 Å². The van der Waals surface area contributed by atoms with E-state index in [2.05, 4.69) is 27.2 Å². The minimum absolute atomic E-state index is 0.359. The summed E-state index contributed by atoms with van der Waals surface area (Å²) in [4.78, 5) is 7.00. The largest absolute Gasteiger partial charge is 0.496 e. The summed E-state index contributed by atoms with van der Waals surface area (Å²) in [6.45, 7) is 4.33. The fourth-order valence-corrected chi connectivity index (χ4v) is 3.78. The van der Waals surface area contributed by atoms with Crippen LogP contribution in [-0.4, -0.2) is 35.3 Å². The number of hydrogen-bond donors (Lipinski definition) is 0. The third-order valence-electron chi connectivity index (χ3n) is 5.09. The van der Waals surface area contributed by atoms with Crippen LogP contribution in [0, 0.1) is 0 Å². The van der Waals surface area contributed by atoms with Crippen LogP contribution in [0.15, 0.2) is 53.1 Å². The van der Waals surface area contributed by atoms with Crippen molar-refractivity contribution in [3.8, 4) is 22.9 Å². The molecule has 28 heavy (non-hydrogen) atoms. The highest BCUT2D eigenvalue weighted by atomic mass is 16.5. The van der Waals surface area contributed by atoms with Gasteiger partial charge in [-0.1, -0.05) is 29.4 Å². The lowest BCUT2D eigenvalue weighted by atomic mass is 10.0. The molecule has 1 aliphatic rings. The van der Waals surface area contributed by atoms with Crippen LogP contribution in [-0.2, 0) is 6.54 Å². The van der Waals surface area contributed by atoms with Crippen molar-refractivity contribution in [2.45, 2.75) is 32.4 Å². The van der Waals surface area contributed by atoms with Gasteiger partial charge >= 0.3 is 0 Å². The van der Waals surface area contributed by atoms with E-state index in [0.29, 0.717) is 30.9 Å². The van der Waals surface area contributed by atoms with E-state index < -0.39 is 0 Å². The Morgan fingerprint density at radius 2 is 1.96 bits per heavy atom. The summed E-state index contributed by atoms with van der Waals surface area (Å²) < 4.78 is 16.5. The molecule has 3 aromatic rings. The van der Waals surface area contributed by atoms with Crippen molar-refractivity contribution in [3.63, 3.8) is 0 Å². The number of aromatic nitrogens is 2. The first-order valence-electron chi connectivity index (χ1n) is 9.71. The van der Waals surface area contributed by atoms with Gasteiger partial charge in [-0.15, -0.1) is 0 Å². The first-order chi connectivity index (χ1) is 13.8. The Labute approximate surface area is 165 Å². The van der Waals surface area contributed by atoms with Gasteiger partial charge in [-0.3, -0.25) is 4.90 Å². The zero-order valence-electron chi connectivity index (χ0n) is 16.3. The Bertz CT molecular complexity index is 907. The van der Waals surface area contributed by atoms with E-state index in [4.69, 9.17) is 14.0 Å². The molecule has 0 aliphatic carbocycles. The van der Waals surface area contributed by atoms with Crippen LogP contribution >= 0.6 is 0 Å². The molecule has 146 valence electrons. The minimum atomic E-state index is 0.359. The predicted molar refractivity (Wildman–Crippen MR) is 106 cm³/mol. The molecule has 4 rings (SSSR count). The van der Waals surface area contributed by atoms with Gasteiger partial charge in [0.05, 0.1) is 25.8 Å². The average Bonchev–Trinajstić information content (AvgIpc) is 3.39. The molecule has 1 saturated heterocycles. The third kappa shape index (κ3) is 3.87. The van der Waals surface area contributed by atoms with Gasteiger partial charge in [0.2, 0.25) is 11.7 Å². The molecule has 0 bridgehead atoms. The second-order valence-corrected chi connectivity index (χ2v) is 6.84. The number of ether oxygens (including phenoxy) is 2. The molecule has 1 fully saturated rings. The summed E-state index contributed by atoms with van der Waals surface area (Å²) in [5, 5.41) is 4.16. The van der Waals surface area contributed by atoms with Gasteiger partial charge in [0.1, 0.15) is 11.5 Å². The van der Waals surface area contributed by atoms with E-state index in [9.17, 15) is 0 Å². The molecular formula is C22H25N3O3. The predicted octanol–water partition coefficient (Wildman–Crippen LogP) is 4.48. The second-order valence-electron chi connectivity index (χ2n) is 6.84. The zero-order valence-corrected chi connectivity index (χ0v) is 16.3. The lowest BCUT2D eigenvalue weighted by Crippen LogP contribution is -2.22. The number of likely N-dealkylation sites (tertiary alicyclic amines) is 1. The van der Waals surface area contributed by atoms with Crippen molar-refractivity contribution in [1.82, 2.24) is 15.0 Å². The monoisotopic (exact) mass is 379 g/mol. The number of nitrogens with zero attached hydrogens (tertiary/aromatic N) is 3. The molecule has 6 heteroatoms.